The van der Waals surface area contributed by atoms with Crippen LogP contribution in [0.3, 0.4) is 0 Å². The number of ether oxygens (including phenoxy) is 3. The topological polar surface area (TPSA) is 248 Å². The fraction of sp³-hybridized carbons (Fsp3) is 0.490. The van der Waals surface area contributed by atoms with Gasteiger partial charge in [0.2, 0.25) is 11.8 Å². The fourth-order valence-electron chi connectivity index (χ4n) is 8.40. The van der Waals surface area contributed by atoms with E-state index in [0.717, 1.165) is 25.7 Å². The number of hydrogen-bond acceptors (Lipinski definition) is 14. The number of ketones is 4. The molecule has 0 unspecified atom stereocenters. The maximum atomic E-state index is 14.8. The van der Waals surface area contributed by atoms with Crippen LogP contribution in [0.15, 0.2) is 64.8 Å². The predicted octanol–water partition coefficient (Wildman–Crippen LogP) is 6.01. The third-order valence-corrected chi connectivity index (χ3v) is 12.4. The van der Waals surface area contributed by atoms with Crippen LogP contribution in [-0.4, -0.2) is 104 Å². The summed E-state index contributed by atoms with van der Waals surface area (Å²) < 4.78 is 18.2. The van der Waals surface area contributed by atoms with Gasteiger partial charge in [-0.15, -0.1) is 0 Å². The first-order valence-electron chi connectivity index (χ1n) is 23.5. The van der Waals surface area contributed by atoms with Gasteiger partial charge in [-0.3, -0.25) is 28.8 Å². The minimum Gasteiger partial charge on any atom is -0.494 e. The number of amides is 2. The third-order valence-electron chi connectivity index (χ3n) is 12.1. The maximum Gasteiger partial charge on any atom is 0.226 e. The lowest BCUT2D eigenvalue weighted by Crippen LogP contribution is -2.46. The summed E-state index contributed by atoms with van der Waals surface area (Å²) in [4.78, 5) is 86.1. The number of carbonyl (C=O) groups excluding carboxylic acids is 6. The van der Waals surface area contributed by atoms with Crippen molar-refractivity contribution in [1.82, 2.24) is 10.2 Å². The van der Waals surface area contributed by atoms with Crippen molar-refractivity contribution in [2.45, 2.75) is 97.1 Å². The number of rotatable bonds is 24. The summed E-state index contributed by atoms with van der Waals surface area (Å²) in [6.45, 7) is 6.63. The average molecular weight is 957 g/mol. The highest BCUT2D eigenvalue weighted by atomic mass is 35.5. The summed E-state index contributed by atoms with van der Waals surface area (Å²) in [5.74, 6) is -3.96. The molecule has 2 aliphatic rings. The molecule has 17 heteroatoms. The van der Waals surface area contributed by atoms with E-state index in [9.17, 15) is 28.8 Å². The number of unbranched alkanes of at least 4 members (excludes halogenated alkanes) is 3. The van der Waals surface area contributed by atoms with Crippen molar-refractivity contribution in [1.29, 1.82) is 0 Å². The molecule has 3 aromatic carbocycles. The normalized spacial score (nSPS) is 17.9. The van der Waals surface area contributed by atoms with Gasteiger partial charge in [0.15, 0.2) is 23.1 Å². The second-order valence-corrected chi connectivity index (χ2v) is 17.9. The number of nitrogens with two attached hydrogens (primary N) is 3. The van der Waals surface area contributed by atoms with Crippen LogP contribution < -0.4 is 36.7 Å². The number of fused-ring (bicyclic) bond motifs is 5. The predicted molar refractivity (Wildman–Crippen MR) is 262 cm³/mol. The van der Waals surface area contributed by atoms with Crippen LogP contribution >= 0.6 is 11.6 Å². The lowest BCUT2D eigenvalue weighted by Gasteiger charge is -2.32. The van der Waals surface area contributed by atoms with E-state index in [1.807, 2.05) is 6.07 Å². The Morgan fingerprint density at radius 3 is 2.21 bits per heavy atom. The number of halogens is 1. The zero-order valence-corrected chi connectivity index (χ0v) is 40.4. The summed E-state index contributed by atoms with van der Waals surface area (Å²) in [6.07, 6.45) is 5.35. The molecule has 0 saturated carbocycles. The Kier molecular flexibility index (Phi) is 20.4. The van der Waals surface area contributed by atoms with Gasteiger partial charge in [0.1, 0.15) is 42.2 Å². The van der Waals surface area contributed by atoms with Crippen LogP contribution in [-0.2, 0) is 30.4 Å². The second-order valence-electron chi connectivity index (χ2n) is 17.5. The van der Waals surface area contributed by atoms with E-state index >= 15 is 0 Å². The molecule has 7 N–H and O–H groups in total. The Hall–Kier alpha value is -5.81. The van der Waals surface area contributed by atoms with Crippen LogP contribution in [0.25, 0.3) is 11.1 Å². The van der Waals surface area contributed by atoms with Crippen LogP contribution in [0.1, 0.15) is 106 Å². The molecular formula is C51H66ClN7O9. The summed E-state index contributed by atoms with van der Waals surface area (Å²) in [5, 5.41) is 10.7. The largest absolute Gasteiger partial charge is 0.494 e. The summed E-state index contributed by atoms with van der Waals surface area (Å²) in [7, 11) is 1.49. The smallest absolute Gasteiger partial charge is 0.226 e. The van der Waals surface area contributed by atoms with Crippen LogP contribution in [0.4, 0.5) is 0 Å². The highest BCUT2D eigenvalue weighted by Gasteiger charge is 2.37. The third kappa shape index (κ3) is 14.1. The Bertz CT molecular complexity index is 2350. The zero-order valence-electron chi connectivity index (χ0n) is 39.6. The molecule has 0 spiro atoms. The molecule has 0 saturated heterocycles. The number of nitrogens with zero attached hydrogens (tertiary/aromatic N) is 3. The molecule has 0 aromatic heterocycles. The molecule has 3 aromatic rings. The van der Waals surface area contributed by atoms with Crippen LogP contribution in [0.2, 0.25) is 5.02 Å². The quantitative estimate of drug-likeness (QED) is 0.0596. The molecule has 2 amide bonds. The van der Waals surface area contributed by atoms with Crippen molar-refractivity contribution in [3.05, 3.63) is 76.3 Å². The second kappa shape index (κ2) is 26.1. The van der Waals surface area contributed by atoms with Crippen molar-refractivity contribution >= 4 is 58.5 Å². The lowest BCUT2D eigenvalue weighted by molar-refractivity contribution is -0.142. The van der Waals surface area contributed by atoms with Gasteiger partial charge in [0.05, 0.1) is 17.7 Å². The van der Waals surface area contributed by atoms with Gasteiger partial charge in [0, 0.05) is 86.5 Å². The summed E-state index contributed by atoms with van der Waals surface area (Å²) in [6, 6.07) is 12.9. The van der Waals surface area contributed by atoms with Crippen molar-refractivity contribution in [3.63, 3.8) is 0 Å². The van der Waals surface area contributed by atoms with E-state index in [1.165, 1.54) is 18.2 Å². The van der Waals surface area contributed by atoms with Gasteiger partial charge in [-0.05, 0) is 79.4 Å². The monoisotopic (exact) mass is 955 g/mol. The first-order valence-corrected chi connectivity index (χ1v) is 23.9. The Morgan fingerprint density at radius 1 is 0.853 bits per heavy atom. The zero-order chi connectivity index (χ0) is 49.3. The van der Waals surface area contributed by atoms with E-state index in [2.05, 4.69) is 22.4 Å². The molecule has 5 rings (SSSR count). The SMILES string of the molecule is CCCCCCOc1ccc(C(=O)C[C@@H](CCN)C(=O)N(C)[C@@H]2C(=O)C[C@@H](C)C(=O)N[C@H](C(=O)C[C@@H](C)C(=O)C3=NN=CC3)Cc3ccc(OCCN)c(c3)-c3cc2ccc3OCCN)c(Cl)c1. The van der Waals surface area contributed by atoms with Crippen molar-refractivity contribution in [2.24, 2.45) is 45.2 Å². The molecule has 2 heterocycles. The van der Waals surface area contributed by atoms with Gasteiger partial charge in [0.25, 0.3) is 0 Å². The molecule has 16 nitrogen and oxygen atoms in total. The molecule has 4 bridgehead atoms. The molecule has 5 atom stereocenters. The van der Waals surface area contributed by atoms with E-state index in [1.54, 1.807) is 62.4 Å². The van der Waals surface area contributed by atoms with Crippen LogP contribution in [0.5, 0.6) is 17.2 Å². The van der Waals surface area contributed by atoms with E-state index in [0.29, 0.717) is 46.1 Å². The van der Waals surface area contributed by atoms with Crippen molar-refractivity contribution in [2.75, 3.05) is 46.5 Å². The molecule has 0 aliphatic carbocycles. The summed E-state index contributed by atoms with van der Waals surface area (Å²) >= 11 is 6.62. The molecule has 2 aliphatic heterocycles. The highest BCUT2D eigenvalue weighted by molar-refractivity contribution is 6.43. The molecular weight excluding hydrogens is 890 g/mol. The Morgan fingerprint density at radius 2 is 1.56 bits per heavy atom. The van der Waals surface area contributed by atoms with Gasteiger partial charge < -0.3 is 41.6 Å². The minimum absolute atomic E-state index is 0.0441. The van der Waals surface area contributed by atoms with E-state index < -0.39 is 53.2 Å². The standard InChI is InChI=1S/C51H66ClN7O9/c1-5-6-7-8-21-66-36-11-12-37(40(52)30-36)43(60)29-35(15-17-53)51(65)59(4)48-34-10-14-47(68-23-19-55)39(28-34)38-26-33(9-13-46(38)67-22-18-54)27-42(57-50(64)32(3)25-45(48)62)44(61)24-31(2)49(63)41-16-20-56-58-41/h9-14,20,26,28,30-32,35,42,48H,5-8,15-19,21-25,27,29,53-55H2,1-4H3,(H,57,64)/t31-,32-,35-,42+,48+/m1/s1. The number of hydrogen-bond donors (Lipinski definition) is 4. The Labute approximate surface area is 403 Å². The molecule has 68 heavy (non-hydrogen) atoms. The van der Waals surface area contributed by atoms with Gasteiger partial charge in [-0.25, -0.2) is 0 Å². The van der Waals surface area contributed by atoms with Crippen molar-refractivity contribution in [3.8, 4) is 28.4 Å². The van der Waals surface area contributed by atoms with E-state index in [4.69, 9.17) is 43.0 Å². The number of likely N-dealkylation sites (N-methyl/N-ethyl adjacent to an activating group) is 1. The molecule has 0 fully saturated rings. The van der Waals surface area contributed by atoms with E-state index in [-0.39, 0.29) is 99.2 Å². The number of carbonyl (C=O) groups is 6. The molecule has 0 radical (unpaired) electrons. The fourth-order valence-corrected chi connectivity index (χ4v) is 8.68. The van der Waals surface area contributed by atoms with Gasteiger partial charge in [-0.1, -0.05) is 63.8 Å². The first kappa shape index (κ1) is 53.1. The number of benzene rings is 3. The van der Waals surface area contributed by atoms with Gasteiger partial charge in [-0.2, -0.15) is 10.2 Å². The molecule has 366 valence electrons. The minimum atomic E-state index is -1.26. The van der Waals surface area contributed by atoms with Crippen LogP contribution in [0, 0.1) is 17.8 Å². The van der Waals surface area contributed by atoms with Gasteiger partial charge >= 0.3 is 0 Å². The maximum absolute atomic E-state index is 14.8. The van der Waals surface area contributed by atoms with Crippen molar-refractivity contribution < 1.29 is 43.0 Å². The lowest BCUT2D eigenvalue weighted by atomic mass is 9.87. The Balaban J connectivity index is 1.53. The highest BCUT2D eigenvalue weighted by Crippen LogP contribution is 2.41. The average Bonchev–Trinajstić information content (AvgIpc) is 3.87. The number of nitrogens with one attached hydrogen (secondary N) is 1. The summed E-state index contributed by atoms with van der Waals surface area (Å²) in [5.41, 5.74) is 20.3. The number of Topliss-reactive ketones (excluding diaryl/α,β-unsaturated/α-hetero) is 4. The first-order chi connectivity index (χ1) is 32.7.